The molecule has 74 valence electrons. The number of amides is 1. The summed E-state index contributed by atoms with van der Waals surface area (Å²) in [6, 6.07) is 0.722. The van der Waals surface area contributed by atoms with E-state index in [2.05, 4.69) is 46.4 Å². The molecule has 0 aromatic carbocycles. The molecule has 1 saturated heterocycles. The van der Waals surface area contributed by atoms with Crippen LogP contribution in [0.2, 0.25) is 0 Å². The molecule has 0 N–H and O–H groups in total. The van der Waals surface area contributed by atoms with Crippen LogP contribution in [0.1, 0.15) is 13.8 Å². The van der Waals surface area contributed by atoms with Gasteiger partial charge in [-0.1, -0.05) is 6.58 Å². The first-order valence-electron chi connectivity index (χ1n) is 4.41. The highest BCUT2D eigenvalue weighted by Crippen LogP contribution is 2.18. The van der Waals surface area contributed by atoms with E-state index in [1.807, 2.05) is 4.90 Å². The Balaban J connectivity index is 2.66. The van der Waals surface area contributed by atoms with Crippen LogP contribution in [0.3, 0.4) is 0 Å². The predicted molar refractivity (Wildman–Crippen MR) is 61.6 cm³/mol. The average Bonchev–Trinajstić information content (AvgIpc) is 2.10. The molecule has 3 nitrogen and oxygen atoms in total. The Morgan fingerprint density at radius 3 is 2.62 bits per heavy atom. The fourth-order valence-electron chi connectivity index (χ4n) is 1.51. The number of piperazine rings is 1. The smallest absolute Gasteiger partial charge is 0.246 e. The Hall–Kier alpha value is -0.100. The zero-order valence-electron chi connectivity index (χ0n) is 8.03. The molecular formula is C9H15IN2O. The molecule has 0 aromatic heterocycles. The summed E-state index contributed by atoms with van der Waals surface area (Å²) in [5.41, 5.74) is 0. The molecule has 13 heavy (non-hydrogen) atoms. The second-order valence-electron chi connectivity index (χ2n) is 3.48. The number of hydrogen-bond donors (Lipinski definition) is 0. The Kier molecular flexibility index (Phi) is 3.73. The molecule has 1 amide bonds. The van der Waals surface area contributed by atoms with Crippen LogP contribution in [0, 0.1) is 0 Å². The number of carbonyl (C=O) groups excluding carboxylic acids is 1. The fraction of sp³-hybridized carbons (Fsp3) is 0.667. The number of rotatable bonds is 1. The second kappa shape index (κ2) is 4.41. The first kappa shape index (κ1) is 11.0. The SMILES string of the molecule is C=CC(=O)N1CC(C)N(I)CC1C. The van der Waals surface area contributed by atoms with Crippen molar-refractivity contribution < 1.29 is 4.79 Å². The minimum absolute atomic E-state index is 0.0452. The quantitative estimate of drug-likeness (QED) is 0.415. The van der Waals surface area contributed by atoms with E-state index in [-0.39, 0.29) is 5.91 Å². The van der Waals surface area contributed by atoms with Crippen LogP contribution in [-0.2, 0) is 4.79 Å². The van der Waals surface area contributed by atoms with Crippen LogP contribution in [0.4, 0.5) is 0 Å². The monoisotopic (exact) mass is 294 g/mol. The van der Waals surface area contributed by atoms with E-state index >= 15 is 0 Å². The molecule has 2 atom stereocenters. The molecule has 2 unspecified atom stereocenters. The maximum absolute atomic E-state index is 11.4. The van der Waals surface area contributed by atoms with Crippen molar-refractivity contribution in [3.8, 4) is 0 Å². The number of carbonyl (C=O) groups is 1. The van der Waals surface area contributed by atoms with E-state index < -0.39 is 0 Å². The van der Waals surface area contributed by atoms with Crippen molar-refractivity contribution in [1.82, 2.24) is 8.01 Å². The van der Waals surface area contributed by atoms with Gasteiger partial charge < -0.3 is 4.90 Å². The number of halogens is 1. The molecule has 1 rings (SSSR count). The molecule has 1 fully saturated rings. The molecule has 0 radical (unpaired) electrons. The van der Waals surface area contributed by atoms with Gasteiger partial charge in [0, 0.05) is 48.0 Å². The lowest BCUT2D eigenvalue weighted by Gasteiger charge is -2.40. The molecule has 1 aliphatic heterocycles. The summed E-state index contributed by atoms with van der Waals surface area (Å²) in [5, 5.41) is 0. The average molecular weight is 294 g/mol. The Morgan fingerprint density at radius 1 is 1.46 bits per heavy atom. The summed E-state index contributed by atoms with van der Waals surface area (Å²) in [6.45, 7) is 9.44. The standard InChI is InChI=1S/C9H15IN2O/c1-4-9(13)11-5-8(3)12(10)6-7(11)2/h4,7-8H,1,5-6H2,2-3H3. The van der Waals surface area contributed by atoms with Gasteiger partial charge in [-0.2, -0.15) is 0 Å². The largest absolute Gasteiger partial charge is 0.334 e. The van der Waals surface area contributed by atoms with Crippen LogP contribution in [0.25, 0.3) is 0 Å². The number of hydrogen-bond acceptors (Lipinski definition) is 2. The number of nitrogens with zero attached hydrogens (tertiary/aromatic N) is 2. The molecule has 0 saturated carbocycles. The highest BCUT2D eigenvalue weighted by atomic mass is 127. The van der Waals surface area contributed by atoms with Gasteiger partial charge in [0.2, 0.25) is 5.91 Å². The minimum atomic E-state index is 0.0452. The van der Waals surface area contributed by atoms with E-state index in [4.69, 9.17) is 0 Å². The highest BCUT2D eigenvalue weighted by Gasteiger charge is 2.29. The molecule has 0 spiro atoms. The van der Waals surface area contributed by atoms with Gasteiger partial charge in [0.15, 0.2) is 0 Å². The topological polar surface area (TPSA) is 23.6 Å². The lowest BCUT2D eigenvalue weighted by Crippen LogP contribution is -2.54. The summed E-state index contributed by atoms with van der Waals surface area (Å²) in [5.74, 6) is 0.0452. The van der Waals surface area contributed by atoms with Crippen LogP contribution >= 0.6 is 22.9 Å². The van der Waals surface area contributed by atoms with E-state index in [9.17, 15) is 4.79 Å². The fourth-order valence-corrected chi connectivity index (χ4v) is 2.25. The summed E-state index contributed by atoms with van der Waals surface area (Å²) < 4.78 is 2.25. The van der Waals surface area contributed by atoms with Crippen molar-refractivity contribution in [1.29, 1.82) is 0 Å². The molecule has 0 aromatic rings. The van der Waals surface area contributed by atoms with E-state index in [1.165, 1.54) is 6.08 Å². The third kappa shape index (κ3) is 2.43. The van der Waals surface area contributed by atoms with Gasteiger partial charge in [-0.05, 0) is 19.9 Å². The third-order valence-electron chi connectivity index (χ3n) is 2.37. The minimum Gasteiger partial charge on any atom is -0.334 e. The summed E-state index contributed by atoms with van der Waals surface area (Å²) >= 11 is 2.31. The van der Waals surface area contributed by atoms with Gasteiger partial charge in [0.05, 0.1) is 0 Å². The first-order chi connectivity index (χ1) is 6.06. The van der Waals surface area contributed by atoms with Gasteiger partial charge in [-0.3, -0.25) is 4.79 Å². The van der Waals surface area contributed by atoms with E-state index in [0.29, 0.717) is 12.1 Å². The Bertz CT molecular complexity index is 220. The zero-order valence-corrected chi connectivity index (χ0v) is 10.2. The Labute approximate surface area is 93.3 Å². The second-order valence-corrected chi connectivity index (χ2v) is 4.71. The van der Waals surface area contributed by atoms with Crippen LogP contribution < -0.4 is 0 Å². The van der Waals surface area contributed by atoms with Crippen LogP contribution in [-0.4, -0.2) is 39.1 Å². The molecule has 1 aliphatic rings. The van der Waals surface area contributed by atoms with Crippen molar-refractivity contribution in [3.63, 3.8) is 0 Å². The van der Waals surface area contributed by atoms with Crippen molar-refractivity contribution in [2.24, 2.45) is 0 Å². The lowest BCUT2D eigenvalue weighted by molar-refractivity contribution is -0.130. The summed E-state index contributed by atoms with van der Waals surface area (Å²) in [6.07, 6.45) is 1.39. The van der Waals surface area contributed by atoms with Gasteiger partial charge in [-0.25, -0.2) is 3.11 Å². The summed E-state index contributed by atoms with van der Waals surface area (Å²) in [7, 11) is 0. The lowest BCUT2D eigenvalue weighted by atomic mass is 10.1. The molecule has 1 heterocycles. The Morgan fingerprint density at radius 2 is 2.08 bits per heavy atom. The summed E-state index contributed by atoms with van der Waals surface area (Å²) in [4.78, 5) is 13.3. The van der Waals surface area contributed by atoms with Gasteiger partial charge in [-0.15, -0.1) is 0 Å². The maximum atomic E-state index is 11.4. The van der Waals surface area contributed by atoms with Crippen LogP contribution in [0.5, 0.6) is 0 Å². The first-order valence-corrected chi connectivity index (χ1v) is 5.38. The molecule has 4 heteroatoms. The molecule has 0 bridgehead atoms. The predicted octanol–water partition coefficient (Wildman–Crippen LogP) is 1.44. The van der Waals surface area contributed by atoms with Crippen LogP contribution in [0.15, 0.2) is 12.7 Å². The normalized spacial score (nSPS) is 30.2. The molecule has 0 aliphatic carbocycles. The highest BCUT2D eigenvalue weighted by molar-refractivity contribution is 14.1. The van der Waals surface area contributed by atoms with Gasteiger partial charge >= 0.3 is 0 Å². The third-order valence-corrected chi connectivity index (χ3v) is 3.71. The van der Waals surface area contributed by atoms with Crippen molar-refractivity contribution >= 4 is 28.8 Å². The van der Waals surface area contributed by atoms with E-state index in [0.717, 1.165) is 13.1 Å². The van der Waals surface area contributed by atoms with Gasteiger partial charge in [0.1, 0.15) is 0 Å². The van der Waals surface area contributed by atoms with Crippen molar-refractivity contribution in [3.05, 3.63) is 12.7 Å². The molecular weight excluding hydrogens is 279 g/mol. The van der Waals surface area contributed by atoms with Gasteiger partial charge in [0.25, 0.3) is 0 Å². The van der Waals surface area contributed by atoms with E-state index in [1.54, 1.807) is 0 Å². The maximum Gasteiger partial charge on any atom is 0.246 e. The van der Waals surface area contributed by atoms with Crippen molar-refractivity contribution in [2.75, 3.05) is 13.1 Å². The zero-order chi connectivity index (χ0) is 10.0. The van der Waals surface area contributed by atoms with Crippen molar-refractivity contribution in [2.45, 2.75) is 25.9 Å².